The van der Waals surface area contributed by atoms with Gasteiger partial charge in [0.2, 0.25) is 11.8 Å². The van der Waals surface area contributed by atoms with Crippen molar-refractivity contribution in [3.05, 3.63) is 144 Å². The highest BCUT2D eigenvalue weighted by molar-refractivity contribution is 8.00. The quantitative estimate of drug-likeness (QED) is 0.0808. The van der Waals surface area contributed by atoms with Crippen molar-refractivity contribution >= 4 is 47.4 Å². The van der Waals surface area contributed by atoms with Gasteiger partial charge in [-0.05, 0) is 49.9 Å². The van der Waals surface area contributed by atoms with Crippen LogP contribution in [0.1, 0.15) is 49.9 Å². The molecular formula is C41H47N3O6S2. The van der Waals surface area contributed by atoms with E-state index in [9.17, 15) is 19.2 Å². The highest BCUT2D eigenvalue weighted by Gasteiger charge is 2.39. The van der Waals surface area contributed by atoms with Crippen LogP contribution in [0.15, 0.2) is 121 Å². The molecule has 0 spiro atoms. The van der Waals surface area contributed by atoms with E-state index in [2.05, 4.69) is 52.3 Å². The molecule has 0 unspecified atom stereocenters. The van der Waals surface area contributed by atoms with E-state index < -0.39 is 46.3 Å². The average molecular weight is 742 g/mol. The molecule has 4 aromatic carbocycles. The van der Waals surface area contributed by atoms with Gasteiger partial charge < -0.3 is 25.4 Å². The molecule has 4 rings (SSSR count). The number of carbonyl (C=O) groups excluding carboxylic acids is 4. The van der Waals surface area contributed by atoms with Crippen molar-refractivity contribution in [1.82, 2.24) is 16.0 Å². The van der Waals surface area contributed by atoms with E-state index in [1.165, 1.54) is 23.5 Å². The molecule has 0 saturated heterocycles. The van der Waals surface area contributed by atoms with E-state index in [1.807, 2.05) is 84.9 Å². The topological polar surface area (TPSA) is 123 Å². The average Bonchev–Trinajstić information content (AvgIpc) is 3.14. The number of hydrogen-bond donors (Lipinski definition) is 3. The zero-order valence-corrected chi connectivity index (χ0v) is 31.6. The lowest BCUT2D eigenvalue weighted by Gasteiger charge is -2.36. The summed E-state index contributed by atoms with van der Waals surface area (Å²) in [6, 6.07) is 37.7. The fourth-order valence-electron chi connectivity index (χ4n) is 5.43. The number of thioether (sulfide) groups is 2. The Kier molecular flexibility index (Phi) is 15.2. The molecule has 11 heteroatoms. The van der Waals surface area contributed by atoms with Crippen molar-refractivity contribution in [3.8, 4) is 0 Å². The van der Waals surface area contributed by atoms with E-state index in [0.717, 1.165) is 22.3 Å². The molecule has 0 saturated carbocycles. The van der Waals surface area contributed by atoms with Crippen LogP contribution in [0.3, 0.4) is 0 Å². The second-order valence-corrected chi connectivity index (χ2v) is 15.1. The van der Waals surface area contributed by atoms with Crippen LogP contribution in [0.5, 0.6) is 0 Å². The fourth-order valence-corrected chi connectivity index (χ4v) is 8.00. The van der Waals surface area contributed by atoms with Crippen LogP contribution in [0.2, 0.25) is 0 Å². The predicted octanol–water partition coefficient (Wildman–Crippen LogP) is 6.70. The third kappa shape index (κ3) is 11.9. The Hall–Kier alpha value is -4.74. The Morgan fingerprint density at radius 1 is 0.654 bits per heavy atom. The number of hydrogen-bond acceptors (Lipinski definition) is 8. The molecule has 0 fully saturated rings. The SMILES string of the molecule is CCOC(=O)CNC(=O)[C@@H](CSCc1ccccc1)NC(=O)[C@H](CSC(c1ccccc1)(c1ccccc1)c1ccccc1)NC(=O)OC(C)(C)C. The molecule has 0 radical (unpaired) electrons. The van der Waals surface area contributed by atoms with Gasteiger partial charge in [0.05, 0.1) is 11.4 Å². The minimum absolute atomic E-state index is 0.109. The second-order valence-electron chi connectivity index (χ2n) is 12.9. The van der Waals surface area contributed by atoms with Gasteiger partial charge in [-0.2, -0.15) is 11.8 Å². The van der Waals surface area contributed by atoms with Crippen LogP contribution in [-0.4, -0.2) is 66.2 Å². The first-order chi connectivity index (χ1) is 25.0. The van der Waals surface area contributed by atoms with Crippen LogP contribution < -0.4 is 16.0 Å². The van der Waals surface area contributed by atoms with Gasteiger partial charge in [0.15, 0.2) is 0 Å². The third-order valence-electron chi connectivity index (χ3n) is 7.76. The summed E-state index contributed by atoms with van der Waals surface area (Å²) in [5.41, 5.74) is 3.21. The molecule has 0 bridgehead atoms. The van der Waals surface area contributed by atoms with Gasteiger partial charge in [0, 0.05) is 17.3 Å². The summed E-state index contributed by atoms with van der Waals surface area (Å²) in [4.78, 5) is 53.1. The molecule has 0 aliphatic carbocycles. The van der Waals surface area contributed by atoms with Crippen LogP contribution in [0.25, 0.3) is 0 Å². The molecule has 0 aliphatic heterocycles. The van der Waals surface area contributed by atoms with E-state index in [4.69, 9.17) is 9.47 Å². The smallest absolute Gasteiger partial charge is 0.408 e. The lowest BCUT2D eigenvalue weighted by Crippen LogP contribution is -2.56. The van der Waals surface area contributed by atoms with Crippen molar-refractivity contribution < 1.29 is 28.7 Å². The van der Waals surface area contributed by atoms with Crippen molar-refractivity contribution in [2.75, 3.05) is 24.7 Å². The molecule has 3 amide bonds. The molecule has 2 atom stereocenters. The van der Waals surface area contributed by atoms with Gasteiger partial charge in [-0.15, -0.1) is 11.8 Å². The number of rotatable bonds is 17. The van der Waals surface area contributed by atoms with E-state index in [1.54, 1.807) is 27.7 Å². The third-order valence-corrected chi connectivity index (χ3v) is 10.5. The Balaban J connectivity index is 1.67. The van der Waals surface area contributed by atoms with Gasteiger partial charge >= 0.3 is 12.1 Å². The van der Waals surface area contributed by atoms with Gasteiger partial charge in [-0.25, -0.2) is 4.79 Å². The van der Waals surface area contributed by atoms with Crippen molar-refractivity contribution in [2.45, 2.75) is 55.9 Å². The highest BCUT2D eigenvalue weighted by Crippen LogP contribution is 2.48. The van der Waals surface area contributed by atoms with Gasteiger partial charge in [-0.1, -0.05) is 121 Å². The summed E-state index contributed by atoms with van der Waals surface area (Å²) in [6.45, 7) is 6.75. The lowest BCUT2D eigenvalue weighted by molar-refractivity contribution is -0.143. The monoisotopic (exact) mass is 741 g/mol. The van der Waals surface area contributed by atoms with E-state index in [0.29, 0.717) is 5.75 Å². The largest absolute Gasteiger partial charge is 0.465 e. The summed E-state index contributed by atoms with van der Waals surface area (Å²) < 4.78 is 9.78. The number of esters is 1. The van der Waals surface area contributed by atoms with Crippen molar-refractivity contribution in [2.24, 2.45) is 0 Å². The number of nitrogens with one attached hydrogen (secondary N) is 3. The van der Waals surface area contributed by atoms with Crippen LogP contribution in [0.4, 0.5) is 4.79 Å². The fraction of sp³-hybridized carbons (Fsp3) is 0.317. The maximum absolute atomic E-state index is 14.3. The maximum Gasteiger partial charge on any atom is 0.408 e. The molecule has 0 heterocycles. The summed E-state index contributed by atoms with van der Waals surface area (Å²) in [6.07, 6.45) is -0.764. The van der Waals surface area contributed by atoms with Gasteiger partial charge in [0.25, 0.3) is 0 Å². The number of alkyl carbamates (subject to hydrolysis) is 1. The molecule has 3 N–H and O–H groups in total. The first kappa shape index (κ1) is 40.0. The number of benzene rings is 4. The number of amides is 3. The first-order valence-corrected chi connectivity index (χ1v) is 19.3. The molecule has 52 heavy (non-hydrogen) atoms. The zero-order valence-electron chi connectivity index (χ0n) is 30.0. The van der Waals surface area contributed by atoms with Gasteiger partial charge in [-0.3, -0.25) is 14.4 Å². The highest BCUT2D eigenvalue weighted by atomic mass is 32.2. The van der Waals surface area contributed by atoms with Crippen molar-refractivity contribution in [1.29, 1.82) is 0 Å². The number of ether oxygens (including phenoxy) is 2. The Morgan fingerprint density at radius 3 is 1.62 bits per heavy atom. The molecular weight excluding hydrogens is 695 g/mol. The van der Waals surface area contributed by atoms with Crippen molar-refractivity contribution in [3.63, 3.8) is 0 Å². The summed E-state index contributed by atoms with van der Waals surface area (Å²) >= 11 is 2.96. The summed E-state index contributed by atoms with van der Waals surface area (Å²) in [5.74, 6) is -0.780. The van der Waals surface area contributed by atoms with E-state index >= 15 is 0 Å². The maximum atomic E-state index is 14.3. The predicted molar refractivity (Wildman–Crippen MR) is 209 cm³/mol. The molecule has 4 aromatic rings. The normalized spacial score (nSPS) is 12.5. The zero-order chi connectivity index (χ0) is 37.4. The minimum atomic E-state index is -1.12. The molecule has 9 nitrogen and oxygen atoms in total. The van der Waals surface area contributed by atoms with Crippen LogP contribution in [0, 0.1) is 0 Å². The summed E-state index contributed by atoms with van der Waals surface area (Å²) in [7, 11) is 0. The molecule has 0 aliphatic rings. The van der Waals surface area contributed by atoms with Crippen LogP contribution in [-0.2, 0) is 34.4 Å². The molecule has 274 valence electrons. The minimum Gasteiger partial charge on any atom is -0.465 e. The van der Waals surface area contributed by atoms with Crippen LogP contribution >= 0.6 is 23.5 Å². The van der Waals surface area contributed by atoms with E-state index in [-0.39, 0.29) is 24.7 Å². The standard InChI is InChI=1S/C41H47N3O6S2/c1-5-49-36(45)26-42-37(46)34(28-51-27-30-18-10-6-11-19-30)43-38(47)35(44-39(48)50-40(2,3)4)29-52-41(31-20-12-7-13-21-31,32-22-14-8-15-23-32)33-24-16-9-17-25-33/h6-25,34-35H,5,26-29H2,1-4H3,(H,42,46)(H,43,47)(H,44,48)/t34-,35+/m1/s1. The summed E-state index contributed by atoms with van der Waals surface area (Å²) in [5, 5.41) is 8.26. The lowest BCUT2D eigenvalue weighted by atomic mass is 9.84. The second kappa shape index (κ2) is 19.8. The Morgan fingerprint density at radius 2 is 1.13 bits per heavy atom. The number of carbonyl (C=O) groups is 4. The van der Waals surface area contributed by atoms with Gasteiger partial charge in [0.1, 0.15) is 24.2 Å². The Bertz CT molecular complexity index is 1620. The first-order valence-electron chi connectivity index (χ1n) is 17.2. The Labute approximate surface area is 315 Å². The molecule has 0 aromatic heterocycles.